The second-order valence-electron chi connectivity index (χ2n) is 8.60. The number of piperidine rings is 1. The Morgan fingerprint density at radius 3 is 2.83 bits per heavy atom. The van der Waals surface area contributed by atoms with Crippen LogP contribution in [0.4, 0.5) is 0 Å². The molecule has 1 aliphatic carbocycles. The normalized spacial score (nSPS) is 25.3. The molecule has 1 aromatic heterocycles. The molecule has 5 nitrogen and oxygen atoms in total. The Balaban J connectivity index is 1.35. The number of hydrogen-bond acceptors (Lipinski definition) is 4. The average molecular weight is 392 g/mol. The van der Waals surface area contributed by atoms with Gasteiger partial charge >= 0.3 is 0 Å². The van der Waals surface area contributed by atoms with Crippen molar-refractivity contribution in [2.45, 2.75) is 45.4 Å². The van der Waals surface area contributed by atoms with E-state index in [0.717, 1.165) is 36.3 Å². The number of aliphatic hydroxyl groups excluding tert-OH is 1. The van der Waals surface area contributed by atoms with Crippen LogP contribution < -0.4 is 4.74 Å². The van der Waals surface area contributed by atoms with E-state index >= 15 is 0 Å². The molecule has 5 heteroatoms. The fourth-order valence-corrected chi connectivity index (χ4v) is 4.75. The quantitative estimate of drug-likeness (QED) is 0.789. The van der Waals surface area contributed by atoms with Crippen LogP contribution in [0.5, 0.6) is 5.75 Å². The SMILES string of the molecule is CC1(C)[C@@H](O)[C@H]2CCCN(C(=O)/C=C/c3ccc(OCc4cccnc4)cc3)[C@H]21. The molecule has 29 heavy (non-hydrogen) atoms. The standard InChI is InChI=1S/C24H28N2O3/c1-24(2)22-20(23(24)28)6-4-14-26(22)21(27)12-9-17-7-10-19(11-8-17)29-16-18-5-3-13-25-15-18/h3,5,7-13,15,20,22-23,28H,4,6,14,16H2,1-2H3/b12-9+/t20-,22+,23-/m0/s1. The number of fused-ring (bicyclic) bond motifs is 1. The van der Waals surface area contributed by atoms with Crippen LogP contribution in [0.2, 0.25) is 0 Å². The highest BCUT2D eigenvalue weighted by Crippen LogP contribution is 2.52. The number of ether oxygens (including phenoxy) is 1. The summed E-state index contributed by atoms with van der Waals surface area (Å²) in [6, 6.07) is 11.7. The Labute approximate surface area is 172 Å². The summed E-state index contributed by atoms with van der Waals surface area (Å²) in [5, 5.41) is 10.3. The second kappa shape index (κ2) is 7.99. The number of rotatable bonds is 5. The predicted octanol–water partition coefficient (Wildman–Crippen LogP) is 3.68. The van der Waals surface area contributed by atoms with E-state index in [2.05, 4.69) is 18.8 Å². The van der Waals surface area contributed by atoms with Crippen molar-refractivity contribution < 1.29 is 14.6 Å². The van der Waals surface area contributed by atoms with E-state index in [1.54, 1.807) is 18.5 Å². The molecule has 1 N–H and O–H groups in total. The molecule has 0 spiro atoms. The lowest BCUT2D eigenvalue weighted by molar-refractivity contribution is -0.194. The van der Waals surface area contributed by atoms with E-state index in [-0.39, 0.29) is 29.4 Å². The van der Waals surface area contributed by atoms with E-state index in [9.17, 15) is 9.90 Å². The summed E-state index contributed by atoms with van der Waals surface area (Å²) in [5.74, 6) is 1.02. The number of hydrogen-bond donors (Lipinski definition) is 1. The minimum absolute atomic E-state index is 0.0246. The van der Waals surface area contributed by atoms with Crippen LogP contribution in [0.15, 0.2) is 54.9 Å². The minimum Gasteiger partial charge on any atom is -0.489 e. The smallest absolute Gasteiger partial charge is 0.246 e. The number of carbonyl (C=O) groups excluding carboxylic acids is 1. The van der Waals surface area contributed by atoms with Gasteiger partial charge in [0.25, 0.3) is 0 Å². The molecule has 2 aromatic rings. The van der Waals surface area contributed by atoms with E-state index in [4.69, 9.17) is 4.74 Å². The fraction of sp³-hybridized carbons (Fsp3) is 0.417. The molecular formula is C24H28N2O3. The molecular weight excluding hydrogens is 364 g/mol. The van der Waals surface area contributed by atoms with Crippen LogP contribution in [-0.4, -0.2) is 39.6 Å². The third-order valence-corrected chi connectivity index (χ3v) is 6.32. The molecule has 0 radical (unpaired) electrons. The fourth-order valence-electron chi connectivity index (χ4n) is 4.75. The maximum atomic E-state index is 12.8. The number of likely N-dealkylation sites (tertiary alicyclic amines) is 1. The molecule has 1 saturated carbocycles. The summed E-state index contributed by atoms with van der Waals surface area (Å²) in [6.45, 7) is 5.35. The third-order valence-electron chi connectivity index (χ3n) is 6.32. The van der Waals surface area contributed by atoms with Crippen molar-refractivity contribution in [2.75, 3.05) is 6.54 Å². The lowest BCUT2D eigenvalue weighted by Crippen LogP contribution is -2.70. The zero-order valence-electron chi connectivity index (χ0n) is 17.0. The van der Waals surface area contributed by atoms with E-state index in [0.29, 0.717) is 6.61 Å². The number of carbonyl (C=O) groups is 1. The topological polar surface area (TPSA) is 62.7 Å². The predicted molar refractivity (Wildman–Crippen MR) is 112 cm³/mol. The van der Waals surface area contributed by atoms with Crippen molar-refractivity contribution in [1.29, 1.82) is 0 Å². The molecule has 152 valence electrons. The van der Waals surface area contributed by atoms with Crippen LogP contribution >= 0.6 is 0 Å². The average Bonchev–Trinajstić information content (AvgIpc) is 2.76. The monoisotopic (exact) mass is 392 g/mol. The molecule has 1 aliphatic heterocycles. The lowest BCUT2D eigenvalue weighted by Gasteiger charge is -2.62. The van der Waals surface area contributed by atoms with Gasteiger partial charge in [0.2, 0.25) is 5.91 Å². The van der Waals surface area contributed by atoms with Gasteiger partial charge in [0.05, 0.1) is 6.10 Å². The van der Waals surface area contributed by atoms with Crippen LogP contribution in [-0.2, 0) is 11.4 Å². The van der Waals surface area contributed by atoms with Crippen molar-refractivity contribution in [3.05, 3.63) is 66.0 Å². The van der Waals surface area contributed by atoms with Gasteiger partial charge in [0.15, 0.2) is 0 Å². The Morgan fingerprint density at radius 1 is 1.31 bits per heavy atom. The number of amides is 1. The zero-order chi connectivity index (χ0) is 20.4. The van der Waals surface area contributed by atoms with Gasteiger partial charge in [-0.2, -0.15) is 0 Å². The number of aliphatic hydroxyl groups is 1. The molecule has 2 fully saturated rings. The number of benzene rings is 1. The molecule has 1 amide bonds. The Morgan fingerprint density at radius 2 is 2.10 bits per heavy atom. The Hall–Kier alpha value is -2.66. The molecule has 1 saturated heterocycles. The number of nitrogens with zero attached hydrogens (tertiary/aromatic N) is 2. The highest BCUT2D eigenvalue weighted by atomic mass is 16.5. The van der Waals surface area contributed by atoms with Gasteiger partial charge in [-0.3, -0.25) is 9.78 Å². The summed E-state index contributed by atoms with van der Waals surface area (Å²) in [5.41, 5.74) is 1.74. The summed E-state index contributed by atoms with van der Waals surface area (Å²) in [6.07, 6.45) is 8.67. The van der Waals surface area contributed by atoms with Crippen LogP contribution in [0.1, 0.15) is 37.8 Å². The summed E-state index contributed by atoms with van der Waals surface area (Å²) < 4.78 is 5.77. The first-order valence-corrected chi connectivity index (χ1v) is 10.3. The first kappa shape index (κ1) is 19.6. The Bertz CT molecular complexity index is 877. The van der Waals surface area contributed by atoms with Gasteiger partial charge in [0.1, 0.15) is 12.4 Å². The molecule has 4 rings (SSSR count). The lowest BCUT2D eigenvalue weighted by atomic mass is 9.54. The molecule has 0 unspecified atom stereocenters. The third kappa shape index (κ3) is 3.92. The van der Waals surface area contributed by atoms with Crippen molar-refractivity contribution >= 4 is 12.0 Å². The van der Waals surface area contributed by atoms with Gasteiger partial charge in [-0.15, -0.1) is 0 Å². The van der Waals surface area contributed by atoms with E-state index in [1.807, 2.05) is 47.4 Å². The van der Waals surface area contributed by atoms with Gasteiger partial charge in [-0.1, -0.05) is 32.0 Å². The summed E-state index contributed by atoms with van der Waals surface area (Å²) in [4.78, 5) is 18.8. The second-order valence-corrected chi connectivity index (χ2v) is 8.60. The molecule has 2 heterocycles. The largest absolute Gasteiger partial charge is 0.489 e. The van der Waals surface area contributed by atoms with Gasteiger partial charge in [-0.25, -0.2) is 0 Å². The van der Waals surface area contributed by atoms with Crippen molar-refractivity contribution in [1.82, 2.24) is 9.88 Å². The van der Waals surface area contributed by atoms with E-state index in [1.165, 1.54) is 0 Å². The highest BCUT2D eigenvalue weighted by molar-refractivity contribution is 5.92. The molecule has 1 aromatic carbocycles. The zero-order valence-corrected chi connectivity index (χ0v) is 17.0. The van der Waals surface area contributed by atoms with Crippen molar-refractivity contribution in [2.24, 2.45) is 11.3 Å². The first-order valence-electron chi connectivity index (χ1n) is 10.3. The van der Waals surface area contributed by atoms with Gasteiger partial charge < -0.3 is 14.7 Å². The van der Waals surface area contributed by atoms with Crippen LogP contribution in [0, 0.1) is 11.3 Å². The van der Waals surface area contributed by atoms with E-state index < -0.39 is 0 Å². The maximum Gasteiger partial charge on any atom is 0.246 e. The van der Waals surface area contributed by atoms with Crippen LogP contribution in [0.3, 0.4) is 0 Å². The Kier molecular flexibility index (Phi) is 5.41. The molecule has 3 atom stereocenters. The number of aromatic nitrogens is 1. The first-order chi connectivity index (χ1) is 14.0. The number of pyridine rings is 1. The van der Waals surface area contributed by atoms with Crippen LogP contribution in [0.25, 0.3) is 6.08 Å². The highest BCUT2D eigenvalue weighted by Gasteiger charge is 2.59. The minimum atomic E-state index is -0.314. The summed E-state index contributed by atoms with van der Waals surface area (Å²) >= 11 is 0. The maximum absolute atomic E-state index is 12.8. The molecule has 0 bridgehead atoms. The van der Waals surface area contributed by atoms with Crippen molar-refractivity contribution in [3.8, 4) is 5.75 Å². The van der Waals surface area contributed by atoms with Gasteiger partial charge in [0, 0.05) is 48.0 Å². The van der Waals surface area contributed by atoms with Crippen molar-refractivity contribution in [3.63, 3.8) is 0 Å². The summed E-state index contributed by atoms with van der Waals surface area (Å²) in [7, 11) is 0. The molecule has 2 aliphatic rings. The van der Waals surface area contributed by atoms with Gasteiger partial charge in [-0.05, 0) is 42.7 Å².